The third kappa shape index (κ3) is 2.75. The molecule has 0 unspecified atom stereocenters. The Labute approximate surface area is 71.9 Å². The van der Waals surface area contributed by atoms with E-state index in [1.54, 1.807) is 0 Å². The van der Waals surface area contributed by atoms with Crippen molar-refractivity contribution in [2.45, 2.75) is 20.8 Å². The summed E-state index contributed by atoms with van der Waals surface area (Å²) >= 11 is 0. The molecule has 70 valence electrons. The van der Waals surface area contributed by atoms with Gasteiger partial charge in [0.05, 0.1) is 0 Å². The minimum absolute atomic E-state index is 0.277. The molecule has 6 heteroatoms. The summed E-state index contributed by atoms with van der Waals surface area (Å²) in [6.45, 7) is 6.55. The third-order valence-electron chi connectivity index (χ3n) is 1.09. The van der Waals surface area contributed by atoms with Crippen molar-refractivity contribution in [2.75, 3.05) is 17.3 Å². The molecule has 0 aromatic carbocycles. The molecule has 0 aliphatic carbocycles. The van der Waals surface area contributed by atoms with Crippen LogP contribution in [0, 0.1) is 0 Å². The van der Waals surface area contributed by atoms with Crippen molar-refractivity contribution in [3.05, 3.63) is 0 Å². The van der Waals surface area contributed by atoms with E-state index >= 15 is 0 Å². The monoisotopic (exact) mass is 172 g/mol. The Bertz CT molecular complexity index is 208. The van der Waals surface area contributed by atoms with Crippen LogP contribution in [0.4, 0.5) is 11.9 Å². The molecule has 0 aliphatic rings. The smallest absolute Gasteiger partial charge is 0.260 e. The van der Waals surface area contributed by atoms with Crippen molar-refractivity contribution in [1.82, 2.24) is 15.2 Å². The van der Waals surface area contributed by atoms with E-state index in [0.29, 0.717) is 12.5 Å². The molecular weight excluding hydrogens is 156 g/mol. The van der Waals surface area contributed by atoms with Crippen molar-refractivity contribution < 1.29 is 0 Å². The van der Waals surface area contributed by atoms with Crippen LogP contribution < -0.4 is 16.6 Å². The number of hydrogen-bond acceptors (Lipinski definition) is 5. The average molecular weight is 172 g/mol. The van der Waals surface area contributed by atoms with Gasteiger partial charge in [-0.05, 0) is 6.92 Å². The maximum absolute atomic E-state index is 5.44. The molecule has 0 fully saturated rings. The Balaban J connectivity index is 0.000000561. The molecule has 0 radical (unpaired) electrons. The molecule has 1 heterocycles. The molecule has 0 atom stereocenters. The van der Waals surface area contributed by atoms with E-state index in [1.807, 2.05) is 20.8 Å². The second kappa shape index (κ2) is 5.36. The topological polar surface area (TPSA) is 96.8 Å². The minimum atomic E-state index is 0.277. The third-order valence-corrected chi connectivity index (χ3v) is 1.09. The zero-order chi connectivity index (χ0) is 9.56. The number of aromatic nitrogens is 3. The molecule has 0 saturated heterocycles. The van der Waals surface area contributed by atoms with Crippen LogP contribution in [-0.4, -0.2) is 21.7 Å². The highest BCUT2D eigenvalue weighted by Crippen LogP contribution is 2.01. The predicted molar refractivity (Wildman–Crippen MR) is 49.4 cm³/mol. The summed E-state index contributed by atoms with van der Waals surface area (Å²) in [7, 11) is 0. The maximum atomic E-state index is 5.44. The zero-order valence-corrected chi connectivity index (χ0v) is 7.70. The van der Waals surface area contributed by atoms with Crippen molar-refractivity contribution in [3.63, 3.8) is 0 Å². The summed E-state index contributed by atoms with van der Waals surface area (Å²) in [5.41, 5.74) is 5.26. The van der Waals surface area contributed by atoms with E-state index in [0.717, 1.165) is 0 Å². The number of nitrogens with two attached hydrogens (primary N) is 2. The normalized spacial score (nSPS) is 8.67. The summed E-state index contributed by atoms with van der Waals surface area (Å²) in [6.07, 6.45) is 0. The van der Waals surface area contributed by atoms with Gasteiger partial charge in [0.15, 0.2) is 0 Å². The highest BCUT2D eigenvalue weighted by atomic mass is 15.5. The first-order chi connectivity index (χ1) is 5.74. The van der Waals surface area contributed by atoms with Crippen LogP contribution in [0.5, 0.6) is 0 Å². The molecule has 5 N–H and O–H groups in total. The Morgan fingerprint density at radius 2 is 2.08 bits per heavy atom. The molecule has 1 rings (SSSR count). The lowest BCUT2D eigenvalue weighted by Gasteiger charge is -2.08. The van der Waals surface area contributed by atoms with E-state index in [1.165, 1.54) is 5.01 Å². The number of aromatic amines is 1. The number of nitrogens with one attached hydrogen (secondary N) is 1. The van der Waals surface area contributed by atoms with E-state index in [4.69, 9.17) is 11.6 Å². The van der Waals surface area contributed by atoms with Gasteiger partial charge in [-0.15, -0.1) is 5.10 Å². The number of rotatable bonds is 2. The molecule has 0 spiro atoms. The Hall–Kier alpha value is -1.30. The van der Waals surface area contributed by atoms with E-state index in [2.05, 4.69) is 15.2 Å². The Kier molecular flexibility index (Phi) is 4.78. The molecule has 1 aromatic heterocycles. The van der Waals surface area contributed by atoms with E-state index in [-0.39, 0.29) is 5.95 Å². The van der Waals surface area contributed by atoms with Crippen LogP contribution in [0.1, 0.15) is 20.8 Å². The quantitative estimate of drug-likeness (QED) is 0.434. The van der Waals surface area contributed by atoms with Gasteiger partial charge in [0, 0.05) is 6.54 Å². The number of anilines is 2. The molecule has 0 bridgehead atoms. The lowest BCUT2D eigenvalue weighted by atomic mass is 10.7. The molecule has 0 saturated carbocycles. The van der Waals surface area contributed by atoms with Crippen LogP contribution in [0.15, 0.2) is 0 Å². The lowest BCUT2D eigenvalue weighted by molar-refractivity contribution is 0.843. The summed E-state index contributed by atoms with van der Waals surface area (Å²) in [6, 6.07) is 0. The second-order valence-electron chi connectivity index (χ2n) is 1.81. The lowest BCUT2D eigenvalue weighted by Crippen LogP contribution is -2.31. The van der Waals surface area contributed by atoms with Gasteiger partial charge in [-0.25, -0.2) is 10.9 Å². The first kappa shape index (κ1) is 10.7. The van der Waals surface area contributed by atoms with Gasteiger partial charge in [-0.2, -0.15) is 4.98 Å². The van der Waals surface area contributed by atoms with Crippen LogP contribution in [-0.2, 0) is 0 Å². The van der Waals surface area contributed by atoms with Crippen molar-refractivity contribution in [2.24, 2.45) is 5.84 Å². The fourth-order valence-electron chi connectivity index (χ4n) is 0.535. The fourth-order valence-corrected chi connectivity index (χ4v) is 0.535. The number of nitrogens with zero attached hydrogens (tertiary/aromatic N) is 3. The zero-order valence-electron chi connectivity index (χ0n) is 7.70. The number of hydrogen-bond donors (Lipinski definition) is 3. The van der Waals surface area contributed by atoms with Crippen molar-refractivity contribution >= 4 is 11.9 Å². The van der Waals surface area contributed by atoms with Gasteiger partial charge in [0.25, 0.3) is 5.95 Å². The van der Waals surface area contributed by atoms with Gasteiger partial charge in [0.2, 0.25) is 5.95 Å². The van der Waals surface area contributed by atoms with Crippen molar-refractivity contribution in [3.8, 4) is 0 Å². The van der Waals surface area contributed by atoms with Crippen LogP contribution in [0.25, 0.3) is 0 Å². The number of hydrazine groups is 1. The molecule has 12 heavy (non-hydrogen) atoms. The Morgan fingerprint density at radius 3 is 2.42 bits per heavy atom. The van der Waals surface area contributed by atoms with Gasteiger partial charge in [-0.1, -0.05) is 13.8 Å². The molecule has 6 nitrogen and oxygen atoms in total. The van der Waals surface area contributed by atoms with E-state index < -0.39 is 0 Å². The van der Waals surface area contributed by atoms with Crippen LogP contribution >= 0.6 is 0 Å². The van der Waals surface area contributed by atoms with Crippen LogP contribution in [0.3, 0.4) is 0 Å². The summed E-state index contributed by atoms with van der Waals surface area (Å²) in [5.74, 6) is 6.13. The van der Waals surface area contributed by atoms with Crippen LogP contribution in [0.2, 0.25) is 0 Å². The van der Waals surface area contributed by atoms with Crippen molar-refractivity contribution in [1.29, 1.82) is 0 Å². The summed E-state index contributed by atoms with van der Waals surface area (Å²) in [5, 5.41) is 7.60. The maximum Gasteiger partial charge on any atom is 0.260 e. The van der Waals surface area contributed by atoms with Gasteiger partial charge < -0.3 is 5.73 Å². The average Bonchev–Trinajstić information content (AvgIpc) is 2.54. The van der Waals surface area contributed by atoms with Gasteiger partial charge in [-0.3, -0.25) is 5.01 Å². The SMILES string of the molecule is CC.CCN(N)c1n[nH]c(N)n1. The van der Waals surface area contributed by atoms with E-state index in [9.17, 15) is 0 Å². The molecule has 0 amide bonds. The Morgan fingerprint density at radius 1 is 1.50 bits per heavy atom. The fraction of sp³-hybridized carbons (Fsp3) is 0.667. The standard InChI is InChI=1S/C4H10N6.C2H6/c1-2-10(6)4-7-3(5)8-9-4;1-2/h2,6H2,1H3,(H3,5,7,8,9);1-2H3. The molecular formula is C6H16N6. The van der Waals surface area contributed by atoms with Gasteiger partial charge in [0.1, 0.15) is 0 Å². The first-order valence-corrected chi connectivity index (χ1v) is 3.94. The summed E-state index contributed by atoms with van der Waals surface area (Å²) < 4.78 is 0. The van der Waals surface area contributed by atoms with Gasteiger partial charge >= 0.3 is 0 Å². The largest absolute Gasteiger partial charge is 0.368 e. The highest BCUT2D eigenvalue weighted by molar-refractivity contribution is 5.31. The second-order valence-corrected chi connectivity index (χ2v) is 1.81. The molecule has 1 aromatic rings. The predicted octanol–water partition coefficient (Wildman–Crippen LogP) is 0.113. The summed E-state index contributed by atoms with van der Waals surface area (Å²) in [4.78, 5) is 3.79. The first-order valence-electron chi connectivity index (χ1n) is 3.94. The number of H-pyrrole nitrogens is 1. The highest BCUT2D eigenvalue weighted by Gasteiger charge is 2.02. The number of nitrogen functional groups attached to an aromatic ring is 1. The minimum Gasteiger partial charge on any atom is -0.368 e. The molecule has 0 aliphatic heterocycles.